The Bertz CT molecular complexity index is 1220. The van der Waals surface area contributed by atoms with Crippen LogP contribution in [-0.4, -0.2) is 46.5 Å². The lowest BCUT2D eigenvalue weighted by atomic mass is 9.93. The molecule has 0 spiro atoms. The van der Waals surface area contributed by atoms with Gasteiger partial charge in [-0.3, -0.25) is 9.78 Å². The van der Waals surface area contributed by atoms with Crippen molar-refractivity contribution in [2.75, 3.05) is 24.5 Å². The van der Waals surface area contributed by atoms with Crippen molar-refractivity contribution in [1.82, 2.24) is 14.9 Å². The molecule has 2 aromatic rings. The van der Waals surface area contributed by atoms with Gasteiger partial charge in [0, 0.05) is 43.7 Å². The lowest BCUT2D eigenvalue weighted by molar-refractivity contribution is -0.134. The zero-order valence-corrected chi connectivity index (χ0v) is 20.5. The molecule has 4 fully saturated rings. The monoisotopic (exact) mass is 467 g/mol. The lowest BCUT2D eigenvalue weighted by Gasteiger charge is -2.43. The van der Waals surface area contributed by atoms with Crippen LogP contribution >= 0.6 is 0 Å². The van der Waals surface area contributed by atoms with E-state index < -0.39 is 0 Å². The van der Waals surface area contributed by atoms with Gasteiger partial charge in [0.1, 0.15) is 11.9 Å². The minimum absolute atomic E-state index is 0.239. The maximum atomic E-state index is 13.0. The number of anilines is 1. The van der Waals surface area contributed by atoms with Gasteiger partial charge in [0.05, 0.1) is 23.0 Å². The second-order valence-electron chi connectivity index (χ2n) is 10.8. The van der Waals surface area contributed by atoms with Gasteiger partial charge in [0.25, 0.3) is 0 Å². The maximum absolute atomic E-state index is 13.0. The first kappa shape index (κ1) is 22.3. The normalized spacial score (nSPS) is 22.1. The van der Waals surface area contributed by atoms with Crippen molar-refractivity contribution >= 4 is 17.8 Å². The van der Waals surface area contributed by atoms with Gasteiger partial charge >= 0.3 is 0 Å². The van der Waals surface area contributed by atoms with Crippen LogP contribution in [0.4, 0.5) is 5.82 Å². The summed E-state index contributed by atoms with van der Waals surface area (Å²) in [7, 11) is 0. The largest absolute Gasteiger partial charge is 0.352 e. The Kier molecular flexibility index (Phi) is 5.59. The van der Waals surface area contributed by atoms with Crippen LogP contribution in [0.2, 0.25) is 0 Å². The Morgan fingerprint density at radius 3 is 2.69 bits per heavy atom. The molecule has 180 valence electrons. The van der Waals surface area contributed by atoms with E-state index in [0.717, 1.165) is 66.4 Å². The number of piperazine rings is 1. The highest BCUT2D eigenvalue weighted by molar-refractivity contribution is 5.79. The van der Waals surface area contributed by atoms with Gasteiger partial charge in [-0.15, -0.1) is 0 Å². The van der Waals surface area contributed by atoms with Crippen LogP contribution in [-0.2, 0) is 4.79 Å². The number of amides is 1. The Morgan fingerprint density at radius 2 is 2.03 bits per heavy atom. The molecule has 2 aromatic heterocycles. The molecule has 1 aliphatic heterocycles. The Hall–Kier alpha value is -3.20. The first-order chi connectivity index (χ1) is 17.1. The van der Waals surface area contributed by atoms with E-state index in [4.69, 9.17) is 4.98 Å². The Labute approximate surface area is 207 Å². The maximum Gasteiger partial charge on any atom is 0.223 e. The molecule has 0 N–H and O–H groups in total. The molecule has 3 aliphatic carbocycles. The quantitative estimate of drug-likeness (QED) is 0.568. The first-order valence-electron chi connectivity index (χ1n) is 13.1. The standard InChI is InChI=1S/C29H33N5O/c1-3-23-15-22(10-11-31-23)27-18(2)24(16-30)29(32-28(27)21-8-9-21)33-12-13-34(25(17-33)20-6-7-20)26(35)14-19-4-5-19/h3,10-11,15,19-21,25H,1,4-9,12-14,17H2,2H3/t25-/m0/s1. The molecule has 0 aromatic carbocycles. The van der Waals surface area contributed by atoms with Crippen molar-refractivity contribution in [3.8, 4) is 17.2 Å². The SMILES string of the molecule is C=Cc1cc(-c2c(C3CC3)nc(N3CCN(C(=O)CC4CC4)[C@H](C4CC4)C3)c(C#N)c2C)ccn1. The number of rotatable bonds is 7. The number of pyridine rings is 2. The van der Waals surface area contributed by atoms with E-state index in [1.54, 1.807) is 12.3 Å². The van der Waals surface area contributed by atoms with Crippen molar-refractivity contribution in [3.05, 3.63) is 47.4 Å². The van der Waals surface area contributed by atoms with E-state index in [0.29, 0.717) is 35.6 Å². The minimum atomic E-state index is 0.239. The smallest absolute Gasteiger partial charge is 0.223 e. The van der Waals surface area contributed by atoms with Crippen LogP contribution in [0.5, 0.6) is 0 Å². The van der Waals surface area contributed by atoms with Gasteiger partial charge in [0.15, 0.2) is 0 Å². The molecule has 0 unspecified atom stereocenters. The third-order valence-corrected chi connectivity index (χ3v) is 8.18. The Balaban J connectivity index is 1.36. The van der Waals surface area contributed by atoms with Crippen LogP contribution in [0, 0.1) is 30.1 Å². The highest BCUT2D eigenvalue weighted by atomic mass is 16.2. The summed E-state index contributed by atoms with van der Waals surface area (Å²) in [6.07, 6.45) is 11.4. The number of carbonyl (C=O) groups is 1. The summed E-state index contributed by atoms with van der Waals surface area (Å²) in [6.45, 7) is 8.17. The molecule has 0 radical (unpaired) electrons. The van der Waals surface area contributed by atoms with E-state index in [9.17, 15) is 10.1 Å². The van der Waals surface area contributed by atoms with E-state index in [-0.39, 0.29) is 6.04 Å². The molecule has 35 heavy (non-hydrogen) atoms. The highest BCUT2D eigenvalue weighted by Gasteiger charge is 2.43. The summed E-state index contributed by atoms with van der Waals surface area (Å²) in [5.74, 6) is 2.78. The average molecular weight is 468 g/mol. The van der Waals surface area contributed by atoms with Crippen LogP contribution in [0.25, 0.3) is 17.2 Å². The third-order valence-electron chi connectivity index (χ3n) is 8.18. The topological polar surface area (TPSA) is 73.1 Å². The fourth-order valence-electron chi connectivity index (χ4n) is 5.69. The summed E-state index contributed by atoms with van der Waals surface area (Å²) in [5.41, 5.74) is 5.72. The van der Waals surface area contributed by atoms with Crippen molar-refractivity contribution < 1.29 is 4.79 Å². The number of aromatic nitrogens is 2. The predicted molar refractivity (Wildman–Crippen MR) is 137 cm³/mol. The van der Waals surface area contributed by atoms with Crippen LogP contribution in [0.15, 0.2) is 24.9 Å². The molecule has 6 heteroatoms. The third kappa shape index (κ3) is 4.33. The molecule has 3 saturated carbocycles. The van der Waals surface area contributed by atoms with Crippen LogP contribution < -0.4 is 4.90 Å². The molecular formula is C29H33N5O. The number of nitriles is 1. The number of carbonyl (C=O) groups excluding carboxylic acids is 1. The lowest BCUT2D eigenvalue weighted by Crippen LogP contribution is -2.56. The summed E-state index contributed by atoms with van der Waals surface area (Å²) in [4.78, 5) is 27.1. The van der Waals surface area contributed by atoms with E-state index in [2.05, 4.69) is 34.4 Å². The van der Waals surface area contributed by atoms with E-state index in [1.807, 2.05) is 12.1 Å². The summed E-state index contributed by atoms with van der Waals surface area (Å²) >= 11 is 0. The first-order valence-corrected chi connectivity index (χ1v) is 13.1. The molecule has 1 amide bonds. The average Bonchev–Trinajstić information content (AvgIpc) is 3.70. The summed E-state index contributed by atoms with van der Waals surface area (Å²) < 4.78 is 0. The van der Waals surface area contributed by atoms with Gasteiger partial charge in [-0.2, -0.15) is 5.26 Å². The van der Waals surface area contributed by atoms with Gasteiger partial charge in [-0.1, -0.05) is 6.58 Å². The molecular weight excluding hydrogens is 434 g/mol. The molecule has 6 rings (SSSR count). The molecule has 6 nitrogen and oxygen atoms in total. The van der Waals surface area contributed by atoms with Crippen LogP contribution in [0.3, 0.4) is 0 Å². The zero-order valence-electron chi connectivity index (χ0n) is 20.5. The van der Waals surface area contributed by atoms with Gasteiger partial charge in [0.2, 0.25) is 5.91 Å². The van der Waals surface area contributed by atoms with Crippen molar-refractivity contribution in [1.29, 1.82) is 5.26 Å². The molecule has 4 aliphatic rings. The number of nitrogens with zero attached hydrogens (tertiary/aromatic N) is 5. The Morgan fingerprint density at radius 1 is 1.23 bits per heavy atom. The number of hydrogen-bond acceptors (Lipinski definition) is 5. The zero-order chi connectivity index (χ0) is 24.1. The van der Waals surface area contributed by atoms with Crippen LogP contribution in [0.1, 0.15) is 73.4 Å². The van der Waals surface area contributed by atoms with Gasteiger partial charge in [-0.25, -0.2) is 4.98 Å². The number of hydrogen-bond donors (Lipinski definition) is 0. The van der Waals surface area contributed by atoms with Gasteiger partial charge < -0.3 is 9.80 Å². The van der Waals surface area contributed by atoms with Crippen molar-refractivity contribution in [3.63, 3.8) is 0 Å². The minimum Gasteiger partial charge on any atom is -0.352 e. The van der Waals surface area contributed by atoms with E-state index >= 15 is 0 Å². The molecule has 1 saturated heterocycles. The van der Waals surface area contributed by atoms with Gasteiger partial charge in [-0.05, 0) is 86.6 Å². The molecule has 1 atom stereocenters. The molecule has 0 bridgehead atoms. The summed E-state index contributed by atoms with van der Waals surface area (Å²) in [6, 6.07) is 6.78. The van der Waals surface area contributed by atoms with E-state index in [1.165, 1.54) is 25.7 Å². The van der Waals surface area contributed by atoms with Crippen molar-refractivity contribution in [2.24, 2.45) is 11.8 Å². The second-order valence-corrected chi connectivity index (χ2v) is 10.8. The fourth-order valence-corrected chi connectivity index (χ4v) is 5.69. The predicted octanol–water partition coefficient (Wildman–Crippen LogP) is 5.07. The summed E-state index contributed by atoms with van der Waals surface area (Å²) in [5, 5.41) is 10.3. The second kappa shape index (κ2) is 8.78. The fraction of sp³-hybridized carbons (Fsp3) is 0.517. The van der Waals surface area contributed by atoms with Crippen molar-refractivity contribution in [2.45, 2.75) is 63.8 Å². The highest BCUT2D eigenvalue weighted by Crippen LogP contribution is 2.47. The molecule has 3 heterocycles.